The Morgan fingerprint density at radius 2 is 2.17 bits per heavy atom. The van der Waals surface area contributed by atoms with Crippen molar-refractivity contribution in [3.05, 3.63) is 22.4 Å². The molecule has 1 aromatic carbocycles. The summed E-state index contributed by atoms with van der Waals surface area (Å²) in [5, 5.41) is 0. The minimum Gasteiger partial charge on any atom is -0.490 e. The molecule has 98 valence electrons. The third-order valence-electron chi connectivity index (χ3n) is 4.36. The normalized spacial score (nSPS) is 29.8. The molecular formula is C14H17BrFNO. The van der Waals surface area contributed by atoms with Crippen LogP contribution in [0.1, 0.15) is 25.7 Å². The molecule has 3 rings (SSSR count). The lowest BCUT2D eigenvalue weighted by Crippen LogP contribution is -2.19. The summed E-state index contributed by atoms with van der Waals surface area (Å²) in [6.45, 7) is 0.704. The van der Waals surface area contributed by atoms with Crippen molar-refractivity contribution in [2.45, 2.75) is 25.7 Å². The van der Waals surface area contributed by atoms with Crippen molar-refractivity contribution < 1.29 is 9.13 Å². The molecule has 1 aromatic rings. The van der Waals surface area contributed by atoms with Crippen LogP contribution in [-0.4, -0.2) is 6.61 Å². The van der Waals surface area contributed by atoms with E-state index in [0.29, 0.717) is 28.4 Å². The Bertz CT molecular complexity index is 442. The van der Waals surface area contributed by atoms with Crippen molar-refractivity contribution in [1.82, 2.24) is 0 Å². The highest BCUT2D eigenvalue weighted by molar-refractivity contribution is 9.10. The summed E-state index contributed by atoms with van der Waals surface area (Å²) in [6.07, 6.45) is 5.39. The highest BCUT2D eigenvalue weighted by Crippen LogP contribution is 2.48. The molecule has 2 nitrogen and oxygen atoms in total. The molecule has 0 spiro atoms. The van der Waals surface area contributed by atoms with E-state index in [1.165, 1.54) is 37.8 Å². The zero-order valence-corrected chi connectivity index (χ0v) is 11.7. The maximum atomic E-state index is 13.1. The van der Waals surface area contributed by atoms with Crippen LogP contribution in [0, 0.1) is 23.6 Å². The predicted molar refractivity (Wildman–Crippen MR) is 72.9 cm³/mol. The maximum absolute atomic E-state index is 13.1. The van der Waals surface area contributed by atoms with E-state index in [1.807, 2.05) is 0 Å². The summed E-state index contributed by atoms with van der Waals surface area (Å²) in [5.41, 5.74) is 6.15. The fourth-order valence-corrected chi connectivity index (χ4v) is 4.07. The molecule has 2 bridgehead atoms. The highest BCUT2D eigenvalue weighted by Gasteiger charge is 2.39. The van der Waals surface area contributed by atoms with Crippen LogP contribution in [0.15, 0.2) is 16.6 Å². The van der Waals surface area contributed by atoms with Crippen LogP contribution in [-0.2, 0) is 0 Å². The molecule has 2 aliphatic rings. The fourth-order valence-electron chi connectivity index (χ4n) is 3.50. The number of fused-ring (bicyclic) bond motifs is 2. The van der Waals surface area contributed by atoms with Crippen LogP contribution >= 0.6 is 15.9 Å². The minimum absolute atomic E-state index is 0.341. The number of benzene rings is 1. The molecule has 18 heavy (non-hydrogen) atoms. The molecule has 4 heteroatoms. The fraction of sp³-hybridized carbons (Fsp3) is 0.571. The Morgan fingerprint density at radius 1 is 1.33 bits per heavy atom. The Balaban J connectivity index is 1.67. The van der Waals surface area contributed by atoms with E-state index < -0.39 is 0 Å². The van der Waals surface area contributed by atoms with E-state index >= 15 is 0 Å². The molecule has 0 amide bonds. The van der Waals surface area contributed by atoms with Crippen molar-refractivity contribution in [3.63, 3.8) is 0 Å². The van der Waals surface area contributed by atoms with Crippen molar-refractivity contribution in [2.75, 3.05) is 12.3 Å². The van der Waals surface area contributed by atoms with Crippen LogP contribution in [0.4, 0.5) is 10.1 Å². The smallest absolute Gasteiger partial charge is 0.156 e. The van der Waals surface area contributed by atoms with E-state index in [2.05, 4.69) is 15.9 Å². The van der Waals surface area contributed by atoms with Gasteiger partial charge in [0.15, 0.2) is 5.75 Å². The van der Waals surface area contributed by atoms with Crippen molar-refractivity contribution in [1.29, 1.82) is 0 Å². The first-order chi connectivity index (χ1) is 8.63. The molecule has 3 unspecified atom stereocenters. The average molecular weight is 314 g/mol. The van der Waals surface area contributed by atoms with Gasteiger partial charge in [-0.1, -0.05) is 6.42 Å². The quantitative estimate of drug-likeness (QED) is 0.856. The third kappa shape index (κ3) is 2.22. The predicted octanol–water partition coefficient (Wildman–Crippen LogP) is 3.99. The first kappa shape index (κ1) is 12.3. The van der Waals surface area contributed by atoms with Gasteiger partial charge in [-0.3, -0.25) is 0 Å². The SMILES string of the molecule is Nc1cc(F)cc(Br)c1OCC1CC2CCC1C2. The molecule has 2 aliphatic carbocycles. The standard InChI is InChI=1S/C14H17BrFNO/c15-12-5-11(16)6-13(17)14(12)18-7-10-4-8-1-2-9(10)3-8/h5-6,8-10H,1-4,7,17H2. The van der Waals surface area contributed by atoms with Gasteiger partial charge in [0.1, 0.15) is 5.82 Å². The number of halogens is 2. The molecule has 0 saturated heterocycles. The molecule has 0 aromatic heterocycles. The number of ether oxygens (including phenoxy) is 1. The lowest BCUT2D eigenvalue weighted by molar-refractivity contribution is 0.195. The van der Waals surface area contributed by atoms with Crippen molar-refractivity contribution >= 4 is 21.6 Å². The molecule has 0 heterocycles. The van der Waals surface area contributed by atoms with E-state index in [1.54, 1.807) is 0 Å². The van der Waals surface area contributed by atoms with Gasteiger partial charge in [-0.15, -0.1) is 0 Å². The van der Waals surface area contributed by atoms with Gasteiger partial charge in [-0.2, -0.15) is 0 Å². The van der Waals surface area contributed by atoms with Crippen LogP contribution in [0.3, 0.4) is 0 Å². The van der Waals surface area contributed by atoms with E-state index in [4.69, 9.17) is 10.5 Å². The van der Waals surface area contributed by atoms with Gasteiger partial charge in [-0.05, 0) is 59.0 Å². The molecule has 2 fully saturated rings. The number of rotatable bonds is 3. The molecule has 2 saturated carbocycles. The first-order valence-electron chi connectivity index (χ1n) is 6.51. The van der Waals surface area contributed by atoms with Crippen LogP contribution in [0.25, 0.3) is 0 Å². The topological polar surface area (TPSA) is 35.2 Å². The zero-order valence-electron chi connectivity index (χ0n) is 10.2. The number of hydrogen-bond donors (Lipinski definition) is 1. The Hall–Kier alpha value is -0.770. The van der Waals surface area contributed by atoms with Crippen LogP contribution in [0.2, 0.25) is 0 Å². The number of hydrogen-bond acceptors (Lipinski definition) is 2. The van der Waals surface area contributed by atoms with E-state index in [0.717, 1.165) is 11.8 Å². The van der Waals surface area contributed by atoms with Gasteiger partial charge in [0, 0.05) is 6.07 Å². The van der Waals surface area contributed by atoms with Gasteiger partial charge >= 0.3 is 0 Å². The average Bonchev–Trinajstić information content (AvgIpc) is 2.89. The zero-order chi connectivity index (χ0) is 12.7. The molecule has 0 aliphatic heterocycles. The lowest BCUT2D eigenvalue weighted by Gasteiger charge is -2.22. The summed E-state index contributed by atoms with van der Waals surface area (Å²) >= 11 is 3.30. The molecule has 2 N–H and O–H groups in total. The monoisotopic (exact) mass is 313 g/mol. The van der Waals surface area contributed by atoms with Crippen molar-refractivity contribution in [3.8, 4) is 5.75 Å². The molecule has 3 atom stereocenters. The van der Waals surface area contributed by atoms with Crippen LogP contribution in [0.5, 0.6) is 5.75 Å². The van der Waals surface area contributed by atoms with Gasteiger partial charge in [0.25, 0.3) is 0 Å². The summed E-state index contributed by atoms with van der Waals surface area (Å²) in [5.74, 6) is 2.64. The molecule has 0 radical (unpaired) electrons. The minimum atomic E-state index is -0.341. The first-order valence-corrected chi connectivity index (χ1v) is 7.30. The third-order valence-corrected chi connectivity index (χ3v) is 4.95. The van der Waals surface area contributed by atoms with Gasteiger partial charge in [0.2, 0.25) is 0 Å². The summed E-state index contributed by atoms with van der Waals surface area (Å²) in [7, 11) is 0. The van der Waals surface area contributed by atoms with Gasteiger partial charge < -0.3 is 10.5 Å². The Kier molecular flexibility index (Phi) is 3.22. The Labute approximate surface area is 115 Å². The van der Waals surface area contributed by atoms with E-state index in [9.17, 15) is 4.39 Å². The summed E-state index contributed by atoms with van der Waals surface area (Å²) in [4.78, 5) is 0. The molecular weight excluding hydrogens is 297 g/mol. The number of nitrogen functional groups attached to an aromatic ring is 1. The number of nitrogens with two attached hydrogens (primary N) is 1. The van der Waals surface area contributed by atoms with Crippen LogP contribution < -0.4 is 10.5 Å². The second kappa shape index (κ2) is 4.72. The van der Waals surface area contributed by atoms with Gasteiger partial charge in [0.05, 0.1) is 16.8 Å². The summed E-state index contributed by atoms with van der Waals surface area (Å²) in [6, 6.07) is 2.70. The summed E-state index contributed by atoms with van der Waals surface area (Å²) < 4.78 is 19.5. The largest absolute Gasteiger partial charge is 0.490 e. The number of anilines is 1. The lowest BCUT2D eigenvalue weighted by atomic mass is 9.89. The van der Waals surface area contributed by atoms with E-state index in [-0.39, 0.29) is 5.82 Å². The maximum Gasteiger partial charge on any atom is 0.156 e. The van der Waals surface area contributed by atoms with Crippen molar-refractivity contribution in [2.24, 2.45) is 17.8 Å². The highest BCUT2D eigenvalue weighted by atomic mass is 79.9. The second-order valence-corrected chi connectivity index (χ2v) is 6.41. The Morgan fingerprint density at radius 3 is 2.78 bits per heavy atom. The second-order valence-electron chi connectivity index (χ2n) is 5.55. The van der Waals surface area contributed by atoms with Gasteiger partial charge in [-0.25, -0.2) is 4.39 Å².